The Morgan fingerprint density at radius 2 is 1.92 bits per heavy atom. The van der Waals surface area contributed by atoms with E-state index in [1.165, 1.54) is 0 Å². The van der Waals surface area contributed by atoms with Gasteiger partial charge in [0.25, 0.3) is 0 Å². The Hall–Kier alpha value is -1.80. The summed E-state index contributed by atoms with van der Waals surface area (Å²) in [6.45, 7) is 3.00. The largest absolute Gasteiger partial charge is 0.497 e. The van der Waals surface area contributed by atoms with Gasteiger partial charge >= 0.3 is 0 Å². The summed E-state index contributed by atoms with van der Waals surface area (Å²) in [4.78, 5) is 14.0. The van der Waals surface area contributed by atoms with Crippen LogP contribution < -0.4 is 14.8 Å². The second kappa shape index (κ2) is 8.05. The predicted octanol–water partition coefficient (Wildman–Crippen LogP) is 0.699. The molecule has 1 N–H and O–H groups in total. The van der Waals surface area contributed by atoms with Crippen LogP contribution in [-0.4, -0.2) is 70.1 Å². The van der Waals surface area contributed by atoms with E-state index in [2.05, 4.69) is 5.32 Å². The highest BCUT2D eigenvalue weighted by Crippen LogP contribution is 2.22. The molecule has 0 aromatic heterocycles. The molecular formula is C17H26N2O5S. The van der Waals surface area contributed by atoms with Crippen molar-refractivity contribution in [2.45, 2.75) is 18.9 Å². The average Bonchev–Trinajstić information content (AvgIpc) is 2.80. The van der Waals surface area contributed by atoms with Crippen molar-refractivity contribution in [2.24, 2.45) is 0 Å². The van der Waals surface area contributed by atoms with Crippen LogP contribution in [0.4, 0.5) is 0 Å². The predicted molar refractivity (Wildman–Crippen MR) is 95.8 cm³/mol. The summed E-state index contributed by atoms with van der Waals surface area (Å²) in [6, 6.07) is 7.30. The Balaban J connectivity index is 1.70. The molecule has 0 radical (unpaired) electrons. The summed E-state index contributed by atoms with van der Waals surface area (Å²) >= 11 is 0. The van der Waals surface area contributed by atoms with E-state index in [1.807, 2.05) is 36.2 Å². The molecule has 7 nitrogen and oxygen atoms in total. The lowest BCUT2D eigenvalue weighted by atomic mass is 10.0. The van der Waals surface area contributed by atoms with Gasteiger partial charge in [0.2, 0.25) is 5.91 Å². The van der Waals surface area contributed by atoms with Gasteiger partial charge in [-0.05, 0) is 44.7 Å². The third-order valence-electron chi connectivity index (χ3n) is 4.16. The molecule has 1 heterocycles. The molecule has 1 fully saturated rings. The quantitative estimate of drug-likeness (QED) is 0.725. The first-order valence-corrected chi connectivity index (χ1v) is 10.0. The zero-order valence-corrected chi connectivity index (χ0v) is 15.8. The summed E-state index contributed by atoms with van der Waals surface area (Å²) in [5, 5.41) is 2.85. The number of ether oxygens (including phenoxy) is 2. The fourth-order valence-electron chi connectivity index (χ4n) is 2.80. The van der Waals surface area contributed by atoms with Gasteiger partial charge in [0.15, 0.2) is 9.84 Å². The van der Waals surface area contributed by atoms with Gasteiger partial charge in [0.05, 0.1) is 30.7 Å². The Kier molecular flexibility index (Phi) is 6.29. The van der Waals surface area contributed by atoms with E-state index in [0.29, 0.717) is 19.6 Å². The van der Waals surface area contributed by atoms with E-state index in [4.69, 9.17) is 9.47 Å². The van der Waals surface area contributed by atoms with Crippen LogP contribution in [0.3, 0.4) is 0 Å². The highest BCUT2D eigenvalue weighted by molar-refractivity contribution is 7.91. The van der Waals surface area contributed by atoms with Gasteiger partial charge in [-0.2, -0.15) is 0 Å². The van der Waals surface area contributed by atoms with Gasteiger partial charge in [-0.1, -0.05) is 0 Å². The minimum Gasteiger partial charge on any atom is -0.497 e. The minimum absolute atomic E-state index is 0.00996. The number of benzene rings is 1. The van der Waals surface area contributed by atoms with Crippen molar-refractivity contribution in [2.75, 3.05) is 45.4 Å². The molecule has 1 aromatic carbocycles. The molecule has 25 heavy (non-hydrogen) atoms. The lowest BCUT2D eigenvalue weighted by molar-refractivity contribution is -0.123. The summed E-state index contributed by atoms with van der Waals surface area (Å²) in [7, 11) is 0.397. The third kappa shape index (κ3) is 6.21. The Bertz CT molecular complexity index is 689. The van der Waals surface area contributed by atoms with Gasteiger partial charge < -0.3 is 14.8 Å². The number of likely N-dealkylation sites (N-methyl/N-ethyl adjacent to an activating group) is 1. The first-order valence-electron chi connectivity index (χ1n) is 8.18. The molecule has 0 saturated carbocycles. The number of amides is 1. The number of nitrogens with one attached hydrogen (secondary N) is 1. The van der Waals surface area contributed by atoms with Crippen LogP contribution in [-0.2, 0) is 14.6 Å². The summed E-state index contributed by atoms with van der Waals surface area (Å²) in [5.41, 5.74) is -0.656. The van der Waals surface area contributed by atoms with E-state index in [1.54, 1.807) is 14.0 Å². The highest BCUT2D eigenvalue weighted by Gasteiger charge is 2.39. The van der Waals surface area contributed by atoms with Crippen molar-refractivity contribution in [3.8, 4) is 11.5 Å². The van der Waals surface area contributed by atoms with Crippen molar-refractivity contribution in [1.29, 1.82) is 0 Å². The number of nitrogens with zero attached hydrogens (tertiary/aromatic N) is 1. The Labute approximate surface area is 149 Å². The molecule has 0 bridgehead atoms. The summed E-state index contributed by atoms with van der Waals surface area (Å²) in [6.07, 6.45) is 0.464. The van der Waals surface area contributed by atoms with E-state index >= 15 is 0 Å². The third-order valence-corrected chi connectivity index (χ3v) is 6.06. The van der Waals surface area contributed by atoms with Crippen LogP contribution in [0.1, 0.15) is 13.3 Å². The number of carbonyl (C=O) groups is 1. The molecule has 2 rings (SSSR count). The fraction of sp³-hybridized carbons (Fsp3) is 0.588. The zero-order chi connectivity index (χ0) is 18.5. The van der Waals surface area contributed by atoms with Gasteiger partial charge in [0.1, 0.15) is 18.1 Å². The molecule has 1 atom stereocenters. The molecule has 1 aliphatic heterocycles. The van der Waals surface area contributed by atoms with Gasteiger partial charge in [-0.3, -0.25) is 9.69 Å². The number of sulfone groups is 1. The van der Waals surface area contributed by atoms with Crippen molar-refractivity contribution >= 4 is 15.7 Å². The Morgan fingerprint density at radius 1 is 1.28 bits per heavy atom. The first kappa shape index (κ1) is 19.5. The number of rotatable bonds is 8. The Morgan fingerprint density at radius 3 is 2.48 bits per heavy atom. The smallest absolute Gasteiger partial charge is 0.234 e. The van der Waals surface area contributed by atoms with Gasteiger partial charge in [-0.15, -0.1) is 0 Å². The fourth-order valence-corrected chi connectivity index (χ4v) is 4.89. The first-order chi connectivity index (χ1) is 11.7. The van der Waals surface area contributed by atoms with Crippen LogP contribution in [0.5, 0.6) is 11.5 Å². The van der Waals surface area contributed by atoms with Crippen molar-refractivity contribution in [3.63, 3.8) is 0 Å². The summed E-state index contributed by atoms with van der Waals surface area (Å²) < 4.78 is 33.9. The second-order valence-corrected chi connectivity index (χ2v) is 8.90. The normalized spacial score (nSPS) is 21.9. The van der Waals surface area contributed by atoms with E-state index in [0.717, 1.165) is 11.5 Å². The molecule has 1 amide bonds. The van der Waals surface area contributed by atoms with Crippen LogP contribution >= 0.6 is 0 Å². The van der Waals surface area contributed by atoms with Crippen molar-refractivity contribution in [3.05, 3.63) is 24.3 Å². The second-order valence-electron chi connectivity index (χ2n) is 6.71. The molecule has 8 heteroatoms. The van der Waals surface area contributed by atoms with Crippen molar-refractivity contribution in [1.82, 2.24) is 10.2 Å². The SMILES string of the molecule is COc1ccc(OCCN(C)CC(=O)N[C@]2(C)CCS(=O)(=O)C2)cc1. The molecule has 1 aliphatic rings. The topological polar surface area (TPSA) is 84.9 Å². The van der Waals surface area contributed by atoms with Crippen molar-refractivity contribution < 1.29 is 22.7 Å². The van der Waals surface area contributed by atoms with Crippen LogP contribution in [0.25, 0.3) is 0 Å². The van der Waals surface area contributed by atoms with Crippen LogP contribution in [0.15, 0.2) is 24.3 Å². The number of hydrogen-bond acceptors (Lipinski definition) is 6. The van der Waals surface area contributed by atoms with Crippen LogP contribution in [0.2, 0.25) is 0 Å². The highest BCUT2D eigenvalue weighted by atomic mass is 32.2. The molecule has 1 aromatic rings. The molecule has 1 saturated heterocycles. The van der Waals surface area contributed by atoms with Crippen LogP contribution in [0, 0.1) is 0 Å². The van der Waals surface area contributed by atoms with Gasteiger partial charge in [-0.25, -0.2) is 8.42 Å². The van der Waals surface area contributed by atoms with E-state index < -0.39 is 15.4 Å². The average molecular weight is 370 g/mol. The monoisotopic (exact) mass is 370 g/mol. The standard InChI is InChI=1S/C17H26N2O5S/c1-17(8-11-25(21,22)13-17)18-16(20)12-19(2)9-10-24-15-6-4-14(23-3)5-7-15/h4-7H,8-13H2,1-3H3,(H,18,20)/t17-/m1/s1. The maximum absolute atomic E-state index is 12.1. The van der Waals surface area contributed by atoms with E-state index in [-0.39, 0.29) is 24.0 Å². The molecular weight excluding hydrogens is 344 g/mol. The molecule has 0 spiro atoms. The zero-order valence-electron chi connectivity index (χ0n) is 14.9. The molecule has 140 valence electrons. The summed E-state index contributed by atoms with van der Waals surface area (Å²) in [5.74, 6) is 1.48. The number of methoxy groups -OCH3 is 1. The maximum Gasteiger partial charge on any atom is 0.234 e. The molecule has 0 unspecified atom stereocenters. The molecule has 0 aliphatic carbocycles. The minimum atomic E-state index is -3.04. The number of carbonyl (C=O) groups excluding carboxylic acids is 1. The lowest BCUT2D eigenvalue weighted by Gasteiger charge is -2.25. The number of hydrogen-bond donors (Lipinski definition) is 1. The lowest BCUT2D eigenvalue weighted by Crippen LogP contribution is -2.50. The maximum atomic E-state index is 12.1. The van der Waals surface area contributed by atoms with E-state index in [9.17, 15) is 13.2 Å². The van der Waals surface area contributed by atoms with Gasteiger partial charge in [0, 0.05) is 6.54 Å².